The van der Waals surface area contributed by atoms with Gasteiger partial charge in [-0.1, -0.05) is 36.8 Å². The van der Waals surface area contributed by atoms with Crippen LogP contribution in [0.15, 0.2) is 24.3 Å². The highest BCUT2D eigenvalue weighted by Gasteiger charge is 2.62. The van der Waals surface area contributed by atoms with E-state index in [1.165, 1.54) is 0 Å². The summed E-state index contributed by atoms with van der Waals surface area (Å²) in [5.74, 6) is -0.865. The Balaban J connectivity index is 2.22. The lowest BCUT2D eigenvalue weighted by Gasteiger charge is -2.03. The molecule has 1 saturated heterocycles. The number of hydrogen-bond acceptors (Lipinski definition) is 2. The number of aliphatic carboxylic acids is 1. The van der Waals surface area contributed by atoms with Gasteiger partial charge >= 0.3 is 5.97 Å². The van der Waals surface area contributed by atoms with E-state index in [0.717, 1.165) is 11.1 Å². The van der Waals surface area contributed by atoms with Crippen LogP contribution in [0, 0.1) is 6.92 Å². The van der Waals surface area contributed by atoms with Gasteiger partial charge < -0.3 is 9.84 Å². The molecule has 2 unspecified atom stereocenters. The van der Waals surface area contributed by atoms with Crippen LogP contribution in [0.5, 0.6) is 0 Å². The molecule has 2 rings (SSSR count). The van der Waals surface area contributed by atoms with Gasteiger partial charge in [-0.25, -0.2) is 4.79 Å². The van der Waals surface area contributed by atoms with E-state index in [-0.39, 0.29) is 6.10 Å². The Labute approximate surface area is 88.7 Å². The van der Waals surface area contributed by atoms with E-state index >= 15 is 0 Å². The summed E-state index contributed by atoms with van der Waals surface area (Å²) in [5, 5.41) is 9.07. The lowest BCUT2D eigenvalue weighted by atomic mass is 9.96. The number of hydrogen-bond donors (Lipinski definition) is 1. The molecule has 0 amide bonds. The summed E-state index contributed by atoms with van der Waals surface area (Å²) in [6.45, 7) is 3.84. The van der Waals surface area contributed by atoms with Crippen molar-refractivity contribution in [3.05, 3.63) is 35.4 Å². The molecule has 15 heavy (non-hydrogen) atoms. The number of carbonyl (C=O) groups is 1. The summed E-state index contributed by atoms with van der Waals surface area (Å²) in [6, 6.07) is 7.80. The molecular formula is C12H14O3. The summed E-state index contributed by atoms with van der Waals surface area (Å²) in [5.41, 5.74) is 1.14. The number of benzene rings is 1. The van der Waals surface area contributed by atoms with Crippen LogP contribution in [0.25, 0.3) is 0 Å². The Kier molecular flexibility index (Phi) is 2.27. The van der Waals surface area contributed by atoms with Crippen LogP contribution in [0.3, 0.4) is 0 Å². The van der Waals surface area contributed by atoms with Crippen molar-refractivity contribution in [2.24, 2.45) is 0 Å². The van der Waals surface area contributed by atoms with Crippen molar-refractivity contribution in [3.63, 3.8) is 0 Å². The highest BCUT2D eigenvalue weighted by molar-refractivity contribution is 5.81. The topological polar surface area (TPSA) is 49.8 Å². The Morgan fingerprint density at radius 2 is 2.07 bits per heavy atom. The van der Waals surface area contributed by atoms with Crippen molar-refractivity contribution < 1.29 is 14.6 Å². The lowest BCUT2D eigenvalue weighted by molar-refractivity contribution is -0.143. The number of ether oxygens (including phenoxy) is 1. The van der Waals surface area contributed by atoms with Crippen LogP contribution in [0.4, 0.5) is 0 Å². The predicted octanol–water partition coefficient (Wildman–Crippen LogP) is 2.30. The molecule has 0 saturated carbocycles. The third kappa shape index (κ3) is 1.53. The zero-order valence-electron chi connectivity index (χ0n) is 8.86. The molecule has 1 aliphatic heterocycles. The standard InChI is InChI=1S/C12H14O3/c1-3-12(11(13)14)10(15-12)9-6-4-8(2)5-7-9/h4-7,10H,3H2,1-2H3,(H,13,14). The normalized spacial score (nSPS) is 28.8. The molecule has 3 heteroatoms. The molecule has 0 aliphatic carbocycles. The predicted molar refractivity (Wildman–Crippen MR) is 55.7 cm³/mol. The maximum absolute atomic E-state index is 11.0. The molecule has 2 atom stereocenters. The minimum atomic E-state index is -0.977. The minimum Gasteiger partial charge on any atom is -0.479 e. The van der Waals surface area contributed by atoms with Gasteiger partial charge in [0, 0.05) is 0 Å². The highest BCUT2D eigenvalue weighted by Crippen LogP contribution is 2.51. The van der Waals surface area contributed by atoms with Gasteiger partial charge in [-0.3, -0.25) is 0 Å². The van der Waals surface area contributed by atoms with E-state index < -0.39 is 11.6 Å². The molecule has 1 aromatic rings. The van der Waals surface area contributed by atoms with Crippen molar-refractivity contribution >= 4 is 5.97 Å². The van der Waals surface area contributed by atoms with Crippen molar-refractivity contribution in [3.8, 4) is 0 Å². The van der Waals surface area contributed by atoms with Crippen LogP contribution in [-0.4, -0.2) is 16.7 Å². The van der Waals surface area contributed by atoms with Gasteiger partial charge in [-0.15, -0.1) is 0 Å². The number of aryl methyl sites for hydroxylation is 1. The quantitative estimate of drug-likeness (QED) is 0.772. The molecule has 1 fully saturated rings. The summed E-state index contributed by atoms with van der Waals surface area (Å²) in [7, 11) is 0. The van der Waals surface area contributed by atoms with E-state index in [9.17, 15) is 4.79 Å². The van der Waals surface area contributed by atoms with Gasteiger partial charge in [0.25, 0.3) is 0 Å². The fraction of sp³-hybridized carbons (Fsp3) is 0.417. The second-order valence-electron chi connectivity index (χ2n) is 3.96. The summed E-state index contributed by atoms with van der Waals surface area (Å²) >= 11 is 0. The first-order valence-corrected chi connectivity index (χ1v) is 5.08. The van der Waals surface area contributed by atoms with E-state index in [4.69, 9.17) is 9.84 Å². The Bertz CT molecular complexity index is 382. The molecule has 1 aliphatic rings. The number of carboxylic acid groups (broad SMARTS) is 1. The lowest BCUT2D eigenvalue weighted by Crippen LogP contribution is -2.23. The third-order valence-corrected chi connectivity index (χ3v) is 2.96. The Hall–Kier alpha value is -1.35. The van der Waals surface area contributed by atoms with E-state index in [2.05, 4.69) is 0 Å². The molecule has 0 aromatic heterocycles. The zero-order valence-corrected chi connectivity index (χ0v) is 8.86. The minimum absolute atomic E-state index is 0.277. The maximum atomic E-state index is 11.0. The van der Waals surface area contributed by atoms with Gasteiger partial charge in [0.05, 0.1) is 0 Å². The van der Waals surface area contributed by atoms with Crippen LogP contribution in [0.1, 0.15) is 30.6 Å². The van der Waals surface area contributed by atoms with Crippen LogP contribution >= 0.6 is 0 Å². The Morgan fingerprint density at radius 1 is 1.47 bits per heavy atom. The molecule has 1 aromatic carbocycles. The first-order chi connectivity index (χ1) is 7.10. The SMILES string of the molecule is CCC1(C(=O)O)OC1c1ccc(C)cc1. The van der Waals surface area contributed by atoms with Crippen LogP contribution in [-0.2, 0) is 9.53 Å². The van der Waals surface area contributed by atoms with Crippen LogP contribution in [0.2, 0.25) is 0 Å². The second-order valence-corrected chi connectivity index (χ2v) is 3.96. The highest BCUT2D eigenvalue weighted by atomic mass is 16.6. The van der Waals surface area contributed by atoms with E-state index in [1.54, 1.807) is 0 Å². The monoisotopic (exact) mass is 206 g/mol. The molecule has 0 bridgehead atoms. The Morgan fingerprint density at radius 3 is 2.47 bits per heavy atom. The molecule has 1 heterocycles. The van der Waals surface area contributed by atoms with E-state index in [1.807, 2.05) is 38.1 Å². The zero-order chi connectivity index (χ0) is 11.1. The molecule has 0 spiro atoms. The van der Waals surface area contributed by atoms with Crippen molar-refractivity contribution in [1.82, 2.24) is 0 Å². The molecule has 1 N–H and O–H groups in total. The second kappa shape index (κ2) is 3.35. The van der Waals surface area contributed by atoms with Gasteiger partial charge in [0.15, 0.2) is 5.60 Å². The van der Waals surface area contributed by atoms with Gasteiger partial charge in [0.1, 0.15) is 6.10 Å². The fourth-order valence-corrected chi connectivity index (χ4v) is 1.84. The third-order valence-electron chi connectivity index (χ3n) is 2.96. The largest absolute Gasteiger partial charge is 0.479 e. The average molecular weight is 206 g/mol. The summed E-state index contributed by atoms with van der Waals surface area (Å²) in [6.07, 6.45) is 0.224. The van der Waals surface area contributed by atoms with Crippen molar-refractivity contribution in [1.29, 1.82) is 0 Å². The first kappa shape index (κ1) is 10.2. The molecule has 3 nitrogen and oxygen atoms in total. The number of carboxylic acids is 1. The molecule has 0 radical (unpaired) electrons. The van der Waals surface area contributed by atoms with Gasteiger partial charge in [0.2, 0.25) is 0 Å². The van der Waals surface area contributed by atoms with Crippen molar-refractivity contribution in [2.45, 2.75) is 32.0 Å². The first-order valence-electron chi connectivity index (χ1n) is 5.08. The number of rotatable bonds is 3. The average Bonchev–Trinajstić information content (AvgIpc) is 2.95. The molecule has 80 valence electrons. The van der Waals surface area contributed by atoms with Crippen LogP contribution < -0.4 is 0 Å². The fourth-order valence-electron chi connectivity index (χ4n) is 1.84. The van der Waals surface area contributed by atoms with E-state index in [0.29, 0.717) is 6.42 Å². The maximum Gasteiger partial charge on any atom is 0.339 e. The van der Waals surface area contributed by atoms with Gasteiger partial charge in [-0.05, 0) is 18.9 Å². The number of epoxide rings is 1. The molecular weight excluding hydrogens is 192 g/mol. The summed E-state index contributed by atoms with van der Waals surface area (Å²) < 4.78 is 5.34. The summed E-state index contributed by atoms with van der Waals surface area (Å²) in [4.78, 5) is 11.0. The van der Waals surface area contributed by atoms with Crippen molar-refractivity contribution in [2.75, 3.05) is 0 Å². The smallest absolute Gasteiger partial charge is 0.339 e. The van der Waals surface area contributed by atoms with Gasteiger partial charge in [-0.2, -0.15) is 0 Å².